The van der Waals surface area contributed by atoms with Crippen molar-refractivity contribution < 1.29 is 14.3 Å². The summed E-state index contributed by atoms with van der Waals surface area (Å²) < 4.78 is 11.5. The SMILES string of the molecule is COc1ccc(OC)c(/C=C/C(=O)Nc2nc3ccccc3s2)c1. The lowest BCUT2D eigenvalue weighted by molar-refractivity contribution is -0.111. The Balaban J connectivity index is 1.75. The van der Waals surface area contributed by atoms with Gasteiger partial charge in [0, 0.05) is 11.6 Å². The Morgan fingerprint density at radius 2 is 2.00 bits per heavy atom. The van der Waals surface area contributed by atoms with Gasteiger partial charge in [0.1, 0.15) is 11.5 Å². The number of carbonyl (C=O) groups is 1. The number of hydrogen-bond acceptors (Lipinski definition) is 5. The molecule has 6 heteroatoms. The molecule has 0 fully saturated rings. The molecule has 24 heavy (non-hydrogen) atoms. The summed E-state index contributed by atoms with van der Waals surface area (Å²) in [5.74, 6) is 1.11. The van der Waals surface area contributed by atoms with E-state index in [-0.39, 0.29) is 5.91 Å². The minimum Gasteiger partial charge on any atom is -0.497 e. The van der Waals surface area contributed by atoms with Crippen LogP contribution >= 0.6 is 11.3 Å². The molecule has 0 spiro atoms. The molecule has 0 radical (unpaired) electrons. The first-order valence-corrected chi connectivity index (χ1v) is 8.08. The van der Waals surface area contributed by atoms with Crippen molar-refractivity contribution in [2.45, 2.75) is 0 Å². The molecule has 1 amide bonds. The quantitative estimate of drug-likeness (QED) is 0.714. The molecule has 3 rings (SSSR count). The van der Waals surface area contributed by atoms with Crippen molar-refractivity contribution >= 4 is 38.7 Å². The number of hydrogen-bond donors (Lipinski definition) is 1. The molecule has 0 bridgehead atoms. The summed E-state index contributed by atoms with van der Waals surface area (Å²) in [6, 6.07) is 13.2. The molecular formula is C18H16N2O3S. The number of methoxy groups -OCH3 is 2. The molecule has 1 aromatic heterocycles. The molecule has 0 saturated heterocycles. The maximum Gasteiger partial charge on any atom is 0.250 e. The zero-order chi connectivity index (χ0) is 16.9. The van der Waals surface area contributed by atoms with E-state index in [1.54, 1.807) is 38.5 Å². The highest BCUT2D eigenvalue weighted by atomic mass is 32.1. The number of ether oxygens (including phenoxy) is 2. The number of aromatic nitrogens is 1. The maximum atomic E-state index is 12.1. The third kappa shape index (κ3) is 3.55. The van der Waals surface area contributed by atoms with E-state index >= 15 is 0 Å². The highest BCUT2D eigenvalue weighted by Crippen LogP contribution is 2.26. The predicted molar refractivity (Wildman–Crippen MR) is 96.8 cm³/mol. The standard InChI is InChI=1S/C18H16N2O3S/c1-22-13-8-9-15(23-2)12(11-13)7-10-17(21)20-18-19-14-5-3-4-6-16(14)24-18/h3-11H,1-2H3,(H,19,20,21)/b10-7+. The van der Waals surface area contributed by atoms with E-state index < -0.39 is 0 Å². The van der Waals surface area contributed by atoms with Gasteiger partial charge in [0.05, 0.1) is 24.4 Å². The van der Waals surface area contributed by atoms with E-state index in [1.807, 2.05) is 24.3 Å². The number of rotatable bonds is 5. The van der Waals surface area contributed by atoms with Crippen molar-refractivity contribution in [3.63, 3.8) is 0 Å². The van der Waals surface area contributed by atoms with Crippen LogP contribution in [0.5, 0.6) is 11.5 Å². The van der Waals surface area contributed by atoms with Crippen LogP contribution in [0.3, 0.4) is 0 Å². The van der Waals surface area contributed by atoms with Gasteiger partial charge in [0.2, 0.25) is 5.91 Å². The first-order valence-electron chi connectivity index (χ1n) is 7.26. The zero-order valence-electron chi connectivity index (χ0n) is 13.3. The number of fused-ring (bicyclic) bond motifs is 1. The highest BCUT2D eigenvalue weighted by molar-refractivity contribution is 7.22. The van der Waals surface area contributed by atoms with E-state index in [2.05, 4.69) is 10.3 Å². The first-order chi connectivity index (χ1) is 11.7. The number of thiazole rings is 1. The molecule has 5 nitrogen and oxygen atoms in total. The number of amides is 1. The second-order valence-electron chi connectivity index (χ2n) is 4.92. The average Bonchev–Trinajstić information content (AvgIpc) is 3.01. The van der Waals surface area contributed by atoms with Crippen LogP contribution in [0.1, 0.15) is 5.56 Å². The second-order valence-corrected chi connectivity index (χ2v) is 5.95. The number of benzene rings is 2. The Bertz CT molecular complexity index is 869. The molecule has 3 aromatic rings. The first kappa shape index (κ1) is 16.0. The lowest BCUT2D eigenvalue weighted by atomic mass is 10.1. The van der Waals surface area contributed by atoms with Gasteiger partial charge in [-0.05, 0) is 36.4 Å². The molecular weight excluding hydrogens is 324 g/mol. The van der Waals surface area contributed by atoms with Crippen LogP contribution in [-0.2, 0) is 4.79 Å². The van der Waals surface area contributed by atoms with Crippen molar-refractivity contribution in [1.82, 2.24) is 4.98 Å². The van der Waals surface area contributed by atoms with Crippen LogP contribution in [0.2, 0.25) is 0 Å². The summed E-state index contributed by atoms with van der Waals surface area (Å²) in [4.78, 5) is 16.5. The van der Waals surface area contributed by atoms with E-state index in [0.717, 1.165) is 15.8 Å². The number of nitrogens with zero attached hydrogens (tertiary/aromatic N) is 1. The molecule has 1 heterocycles. The van der Waals surface area contributed by atoms with Crippen LogP contribution in [0, 0.1) is 0 Å². The maximum absolute atomic E-state index is 12.1. The number of para-hydroxylation sites is 1. The zero-order valence-corrected chi connectivity index (χ0v) is 14.1. The number of carbonyl (C=O) groups excluding carboxylic acids is 1. The van der Waals surface area contributed by atoms with Crippen LogP contribution in [-0.4, -0.2) is 25.1 Å². The second kappa shape index (κ2) is 7.14. The fourth-order valence-electron chi connectivity index (χ4n) is 2.21. The molecule has 2 aromatic carbocycles. The molecule has 1 N–H and O–H groups in total. The van der Waals surface area contributed by atoms with E-state index in [9.17, 15) is 4.79 Å². The molecule has 0 unspecified atom stereocenters. The Kier molecular flexibility index (Phi) is 4.77. The van der Waals surface area contributed by atoms with Crippen LogP contribution < -0.4 is 14.8 Å². The van der Waals surface area contributed by atoms with Crippen LogP contribution in [0.15, 0.2) is 48.5 Å². The van der Waals surface area contributed by atoms with Gasteiger partial charge in [0.25, 0.3) is 0 Å². The number of anilines is 1. The molecule has 0 aliphatic rings. The van der Waals surface area contributed by atoms with Gasteiger partial charge in [-0.2, -0.15) is 0 Å². The molecule has 122 valence electrons. The van der Waals surface area contributed by atoms with Gasteiger partial charge < -0.3 is 9.47 Å². The van der Waals surface area contributed by atoms with Crippen molar-refractivity contribution in [2.75, 3.05) is 19.5 Å². The fraction of sp³-hybridized carbons (Fsp3) is 0.111. The molecule has 0 saturated carbocycles. The minimum absolute atomic E-state index is 0.251. The monoisotopic (exact) mass is 340 g/mol. The Morgan fingerprint density at radius 1 is 1.17 bits per heavy atom. The van der Waals surface area contributed by atoms with Crippen molar-refractivity contribution in [1.29, 1.82) is 0 Å². The van der Waals surface area contributed by atoms with Gasteiger partial charge in [0.15, 0.2) is 5.13 Å². The highest BCUT2D eigenvalue weighted by Gasteiger charge is 2.06. The summed E-state index contributed by atoms with van der Waals surface area (Å²) >= 11 is 1.44. The smallest absolute Gasteiger partial charge is 0.250 e. The number of nitrogens with one attached hydrogen (secondary N) is 1. The van der Waals surface area contributed by atoms with Gasteiger partial charge in [-0.25, -0.2) is 4.98 Å². The van der Waals surface area contributed by atoms with E-state index in [1.165, 1.54) is 17.4 Å². The van der Waals surface area contributed by atoms with Gasteiger partial charge in [-0.1, -0.05) is 23.5 Å². The van der Waals surface area contributed by atoms with Crippen LogP contribution in [0.25, 0.3) is 16.3 Å². The summed E-state index contributed by atoms with van der Waals surface area (Å²) in [6.07, 6.45) is 3.13. The molecule has 0 aliphatic heterocycles. The lowest BCUT2D eigenvalue weighted by Gasteiger charge is -2.07. The summed E-state index contributed by atoms with van der Waals surface area (Å²) in [5.41, 5.74) is 1.63. The van der Waals surface area contributed by atoms with Crippen LogP contribution in [0.4, 0.5) is 5.13 Å². The topological polar surface area (TPSA) is 60.5 Å². The van der Waals surface area contributed by atoms with Gasteiger partial charge in [-0.15, -0.1) is 0 Å². The fourth-order valence-corrected chi connectivity index (χ4v) is 3.08. The average molecular weight is 340 g/mol. The normalized spacial score (nSPS) is 10.9. The Labute approximate surface area is 143 Å². The summed E-state index contributed by atoms with van der Waals surface area (Å²) in [5, 5.41) is 3.35. The summed E-state index contributed by atoms with van der Waals surface area (Å²) in [6.45, 7) is 0. The van der Waals surface area contributed by atoms with Crippen molar-refractivity contribution in [3.05, 3.63) is 54.1 Å². The van der Waals surface area contributed by atoms with Crippen molar-refractivity contribution in [3.8, 4) is 11.5 Å². The minimum atomic E-state index is -0.251. The van der Waals surface area contributed by atoms with E-state index in [4.69, 9.17) is 9.47 Å². The lowest BCUT2D eigenvalue weighted by Crippen LogP contribution is -2.07. The largest absolute Gasteiger partial charge is 0.497 e. The Morgan fingerprint density at radius 3 is 2.75 bits per heavy atom. The summed E-state index contributed by atoms with van der Waals surface area (Å²) in [7, 11) is 3.18. The van der Waals surface area contributed by atoms with Crippen molar-refractivity contribution in [2.24, 2.45) is 0 Å². The van der Waals surface area contributed by atoms with Gasteiger partial charge >= 0.3 is 0 Å². The Hall–Kier alpha value is -2.86. The van der Waals surface area contributed by atoms with Gasteiger partial charge in [-0.3, -0.25) is 10.1 Å². The third-order valence-corrected chi connectivity index (χ3v) is 4.33. The molecule has 0 aliphatic carbocycles. The predicted octanol–water partition coefficient (Wildman–Crippen LogP) is 3.97. The third-order valence-electron chi connectivity index (χ3n) is 3.38. The molecule has 0 atom stereocenters. The van der Waals surface area contributed by atoms with E-state index in [0.29, 0.717) is 16.6 Å².